The molecule has 37 heavy (non-hydrogen) atoms. The first-order valence-corrected chi connectivity index (χ1v) is 12.4. The van der Waals surface area contributed by atoms with Crippen molar-refractivity contribution in [2.75, 3.05) is 25.0 Å². The van der Waals surface area contributed by atoms with Crippen molar-refractivity contribution >= 4 is 34.4 Å². The van der Waals surface area contributed by atoms with Crippen LogP contribution in [-0.4, -0.2) is 58.2 Å². The maximum absolute atomic E-state index is 13.4. The lowest BCUT2D eigenvalue weighted by Gasteiger charge is -2.27. The van der Waals surface area contributed by atoms with Gasteiger partial charge in [-0.25, -0.2) is 4.99 Å². The molecule has 10 heteroatoms. The molecule has 0 saturated carbocycles. The molecule has 1 fully saturated rings. The van der Waals surface area contributed by atoms with E-state index in [0.29, 0.717) is 31.7 Å². The van der Waals surface area contributed by atoms with Gasteiger partial charge in [0, 0.05) is 43.1 Å². The quantitative estimate of drug-likeness (QED) is 0.220. The van der Waals surface area contributed by atoms with Gasteiger partial charge in [0.25, 0.3) is 0 Å². The standard InChI is InChI=1S/C27H31N7O3/c1-3-33(16-20-9-11-29-12-10-20)25(35)17-34-13-5-4-6-23(26(34)36)32-27(30-18-28)31-22-7-8-24-21(15-22)14-19(2)37-24/h7-12,14-15,23H,3-6,13,16-17H2,1-2H3,(H2,30,31,32). The summed E-state index contributed by atoms with van der Waals surface area (Å²) in [6, 6.07) is 10.5. The average molecular weight is 502 g/mol. The molecule has 2 aromatic heterocycles. The number of carbonyl (C=O) groups excluding carboxylic acids is 2. The minimum absolute atomic E-state index is 0.00523. The number of likely N-dealkylation sites (tertiary alicyclic amines) is 1. The van der Waals surface area contributed by atoms with Crippen molar-refractivity contribution in [1.82, 2.24) is 20.1 Å². The number of furan rings is 1. The minimum atomic E-state index is -0.700. The number of nitriles is 1. The van der Waals surface area contributed by atoms with Gasteiger partial charge in [-0.1, -0.05) is 0 Å². The van der Waals surface area contributed by atoms with E-state index >= 15 is 0 Å². The van der Waals surface area contributed by atoms with Gasteiger partial charge in [0.2, 0.25) is 17.8 Å². The van der Waals surface area contributed by atoms with Crippen molar-refractivity contribution in [2.45, 2.75) is 45.7 Å². The van der Waals surface area contributed by atoms with E-state index < -0.39 is 6.04 Å². The summed E-state index contributed by atoms with van der Waals surface area (Å²) >= 11 is 0. The number of guanidine groups is 1. The lowest BCUT2D eigenvalue weighted by Crippen LogP contribution is -2.45. The molecule has 0 spiro atoms. The predicted molar refractivity (Wildman–Crippen MR) is 140 cm³/mol. The topological polar surface area (TPSA) is 127 Å². The van der Waals surface area contributed by atoms with Gasteiger partial charge < -0.3 is 19.5 Å². The number of nitrogens with one attached hydrogen (secondary N) is 2. The first kappa shape index (κ1) is 25.7. The number of nitrogens with zero attached hydrogens (tertiary/aromatic N) is 5. The number of aromatic nitrogens is 1. The van der Waals surface area contributed by atoms with Crippen molar-refractivity contribution in [1.29, 1.82) is 5.26 Å². The third-order valence-corrected chi connectivity index (χ3v) is 6.30. The molecule has 2 N–H and O–H groups in total. The number of carbonyl (C=O) groups is 2. The van der Waals surface area contributed by atoms with Crippen molar-refractivity contribution in [2.24, 2.45) is 4.99 Å². The number of hydrogen-bond donors (Lipinski definition) is 2. The van der Waals surface area contributed by atoms with Gasteiger partial charge in [0.05, 0.1) is 6.54 Å². The van der Waals surface area contributed by atoms with Crippen LogP contribution in [0.25, 0.3) is 11.0 Å². The second-order valence-corrected chi connectivity index (χ2v) is 8.98. The molecule has 1 aliphatic rings. The van der Waals surface area contributed by atoms with E-state index in [4.69, 9.17) is 4.42 Å². The van der Waals surface area contributed by atoms with E-state index in [1.165, 1.54) is 0 Å². The van der Waals surface area contributed by atoms with Crippen molar-refractivity contribution in [3.8, 4) is 6.19 Å². The lowest BCUT2D eigenvalue weighted by atomic mass is 10.1. The summed E-state index contributed by atoms with van der Waals surface area (Å²) in [4.78, 5) is 38.4. The molecule has 0 bridgehead atoms. The lowest BCUT2D eigenvalue weighted by molar-refractivity contribution is -0.141. The largest absolute Gasteiger partial charge is 0.461 e. The molecule has 192 valence electrons. The van der Waals surface area contributed by atoms with Crippen LogP contribution < -0.4 is 10.6 Å². The number of amides is 2. The van der Waals surface area contributed by atoms with Crippen LogP contribution in [0.5, 0.6) is 0 Å². The van der Waals surface area contributed by atoms with E-state index in [0.717, 1.165) is 35.1 Å². The van der Waals surface area contributed by atoms with Crippen LogP contribution in [-0.2, 0) is 16.1 Å². The molecule has 2 amide bonds. The number of likely N-dealkylation sites (N-methyl/N-ethyl adjacent to an activating group) is 1. The van der Waals surface area contributed by atoms with Crippen LogP contribution in [0.4, 0.5) is 5.69 Å². The molecule has 10 nitrogen and oxygen atoms in total. The fourth-order valence-electron chi connectivity index (χ4n) is 4.40. The molecule has 1 aromatic carbocycles. The zero-order chi connectivity index (χ0) is 26.2. The van der Waals surface area contributed by atoms with E-state index in [1.807, 2.05) is 56.4 Å². The molecule has 1 atom stereocenters. The summed E-state index contributed by atoms with van der Waals surface area (Å²) in [5.41, 5.74) is 2.45. The highest BCUT2D eigenvalue weighted by Gasteiger charge is 2.29. The number of pyridine rings is 1. The second kappa shape index (κ2) is 12.0. The molecule has 3 aromatic rings. The number of rotatable bonds is 7. The number of anilines is 1. The highest BCUT2D eigenvalue weighted by Crippen LogP contribution is 2.23. The van der Waals surface area contributed by atoms with E-state index in [1.54, 1.807) is 22.2 Å². The van der Waals surface area contributed by atoms with Crippen molar-refractivity contribution in [3.05, 3.63) is 60.1 Å². The van der Waals surface area contributed by atoms with Crippen LogP contribution in [0.2, 0.25) is 0 Å². The van der Waals surface area contributed by atoms with E-state index in [9.17, 15) is 14.9 Å². The third kappa shape index (κ3) is 6.64. The zero-order valence-electron chi connectivity index (χ0n) is 21.1. The molecule has 1 saturated heterocycles. The van der Waals surface area contributed by atoms with Gasteiger partial charge in [-0.2, -0.15) is 5.26 Å². The Hall–Kier alpha value is -4.39. The second-order valence-electron chi connectivity index (χ2n) is 8.98. The fourth-order valence-corrected chi connectivity index (χ4v) is 4.40. The Morgan fingerprint density at radius 1 is 1.27 bits per heavy atom. The summed E-state index contributed by atoms with van der Waals surface area (Å²) < 4.78 is 5.62. The zero-order valence-corrected chi connectivity index (χ0v) is 21.1. The Kier molecular flexibility index (Phi) is 8.36. The molecule has 4 rings (SSSR count). The van der Waals surface area contributed by atoms with E-state index in [2.05, 4.69) is 20.6 Å². The molecule has 0 radical (unpaired) electrons. The number of hydrogen-bond acceptors (Lipinski definition) is 6. The summed E-state index contributed by atoms with van der Waals surface area (Å²) in [5, 5.41) is 15.8. The maximum Gasteiger partial charge on any atom is 0.247 e. The molecular formula is C27H31N7O3. The Morgan fingerprint density at radius 2 is 2.08 bits per heavy atom. The van der Waals surface area contributed by atoms with Crippen molar-refractivity contribution < 1.29 is 14.0 Å². The Balaban J connectivity index is 1.47. The fraction of sp³-hybridized carbons (Fsp3) is 0.370. The third-order valence-electron chi connectivity index (χ3n) is 6.30. The van der Waals surface area contributed by atoms with E-state index in [-0.39, 0.29) is 24.3 Å². The molecular weight excluding hydrogens is 470 g/mol. The van der Waals surface area contributed by atoms with Crippen LogP contribution in [0.1, 0.15) is 37.5 Å². The highest BCUT2D eigenvalue weighted by atomic mass is 16.3. The smallest absolute Gasteiger partial charge is 0.247 e. The van der Waals surface area contributed by atoms with Crippen LogP contribution in [0.15, 0.2) is 58.2 Å². The monoisotopic (exact) mass is 501 g/mol. The number of benzene rings is 1. The SMILES string of the molecule is CCN(Cc1ccncc1)C(=O)CN1CCCCC(N=C(NC#N)Nc2ccc3oc(C)cc3c2)C1=O. The minimum Gasteiger partial charge on any atom is -0.461 e. The highest BCUT2D eigenvalue weighted by molar-refractivity contribution is 5.98. The van der Waals surface area contributed by atoms with Gasteiger partial charge in [0.15, 0.2) is 6.19 Å². The normalized spacial score (nSPS) is 16.2. The Bertz CT molecular complexity index is 1310. The van der Waals surface area contributed by atoms with Gasteiger partial charge >= 0.3 is 0 Å². The summed E-state index contributed by atoms with van der Waals surface area (Å²) in [5.74, 6) is 0.652. The summed E-state index contributed by atoms with van der Waals surface area (Å²) in [6.07, 6.45) is 7.40. The first-order valence-electron chi connectivity index (χ1n) is 12.4. The number of aryl methyl sites for hydroxylation is 1. The van der Waals surface area contributed by atoms with Gasteiger partial charge in [-0.05, 0) is 75.1 Å². The van der Waals surface area contributed by atoms with Crippen LogP contribution in [0.3, 0.4) is 0 Å². The van der Waals surface area contributed by atoms with Crippen molar-refractivity contribution in [3.63, 3.8) is 0 Å². The Morgan fingerprint density at radius 3 is 2.84 bits per heavy atom. The molecule has 1 aliphatic heterocycles. The van der Waals surface area contributed by atoms with Gasteiger partial charge in [0.1, 0.15) is 17.4 Å². The summed E-state index contributed by atoms with van der Waals surface area (Å²) in [7, 11) is 0. The maximum atomic E-state index is 13.4. The van der Waals surface area contributed by atoms with Crippen LogP contribution >= 0.6 is 0 Å². The first-order chi connectivity index (χ1) is 18.0. The predicted octanol–water partition coefficient (Wildman–Crippen LogP) is 3.40. The molecule has 0 aliphatic carbocycles. The molecule has 3 heterocycles. The summed E-state index contributed by atoms with van der Waals surface area (Å²) in [6.45, 7) is 5.28. The number of fused-ring (bicyclic) bond motifs is 1. The van der Waals surface area contributed by atoms with Crippen LogP contribution in [0, 0.1) is 18.4 Å². The number of aliphatic imine (C=N–C) groups is 1. The Labute approximate surface area is 216 Å². The average Bonchev–Trinajstić information content (AvgIpc) is 3.18. The van der Waals surface area contributed by atoms with Gasteiger partial charge in [-0.3, -0.25) is 19.9 Å². The molecule has 1 unspecified atom stereocenters. The van der Waals surface area contributed by atoms with Gasteiger partial charge in [-0.15, -0.1) is 0 Å².